The van der Waals surface area contributed by atoms with Gasteiger partial charge in [-0.1, -0.05) is 13.8 Å². The highest BCUT2D eigenvalue weighted by Crippen LogP contribution is 1.96. The van der Waals surface area contributed by atoms with Crippen molar-refractivity contribution in [3.63, 3.8) is 0 Å². The molecule has 0 fully saturated rings. The predicted molar refractivity (Wildman–Crippen MR) is 44.9 cm³/mol. The van der Waals surface area contributed by atoms with Crippen molar-refractivity contribution in [2.24, 2.45) is 11.7 Å². The molecule has 0 unspecified atom stereocenters. The molecule has 0 heterocycles. The van der Waals surface area contributed by atoms with Crippen LogP contribution in [0.3, 0.4) is 0 Å². The second-order valence-electron chi connectivity index (χ2n) is 2.96. The summed E-state index contributed by atoms with van der Waals surface area (Å²) in [5.41, 5.74) is 8.55. The Labute approximate surface area is 75.8 Å². The van der Waals surface area contributed by atoms with Gasteiger partial charge in [-0.2, -0.15) is 0 Å². The topological polar surface area (TPSA) is 101 Å². The fraction of sp³-hybridized carbons (Fsp3) is 0.571. The van der Waals surface area contributed by atoms with E-state index in [0.29, 0.717) is 0 Å². The zero-order valence-corrected chi connectivity index (χ0v) is 7.59. The molecule has 6 heteroatoms. The van der Waals surface area contributed by atoms with Crippen molar-refractivity contribution in [2.45, 2.75) is 20.3 Å². The van der Waals surface area contributed by atoms with Gasteiger partial charge in [0.25, 0.3) is 0 Å². The van der Waals surface area contributed by atoms with E-state index in [0.717, 1.165) is 0 Å². The minimum absolute atomic E-state index is 0.186. The van der Waals surface area contributed by atoms with Crippen LogP contribution in [0.15, 0.2) is 0 Å². The standard InChI is InChI=1S/C7H13N3O3/c1-4(2)3-5(11)9-10-7(13)6(8)12/h4H,3H2,1-2H3,(H2,8,12)(H,9,11)(H,10,13). The molecule has 6 nitrogen and oxygen atoms in total. The van der Waals surface area contributed by atoms with E-state index in [-0.39, 0.29) is 18.2 Å². The molecule has 0 aliphatic rings. The van der Waals surface area contributed by atoms with Gasteiger partial charge in [0, 0.05) is 6.42 Å². The summed E-state index contributed by atoms with van der Waals surface area (Å²) in [6.07, 6.45) is 0.277. The summed E-state index contributed by atoms with van der Waals surface area (Å²) >= 11 is 0. The van der Waals surface area contributed by atoms with Crippen molar-refractivity contribution in [1.29, 1.82) is 0 Å². The maximum Gasteiger partial charge on any atom is 0.327 e. The molecular weight excluding hydrogens is 174 g/mol. The summed E-state index contributed by atoms with van der Waals surface area (Å²) in [6.45, 7) is 3.71. The molecule has 0 aromatic rings. The Bertz CT molecular complexity index is 225. The average molecular weight is 187 g/mol. The molecule has 0 aliphatic heterocycles. The van der Waals surface area contributed by atoms with Crippen molar-refractivity contribution in [2.75, 3.05) is 0 Å². The molecule has 0 bridgehead atoms. The Hall–Kier alpha value is -1.59. The first-order valence-electron chi connectivity index (χ1n) is 3.82. The molecule has 0 rings (SSSR count). The van der Waals surface area contributed by atoms with Gasteiger partial charge in [0.1, 0.15) is 0 Å². The second-order valence-corrected chi connectivity index (χ2v) is 2.96. The largest absolute Gasteiger partial charge is 0.361 e. The van der Waals surface area contributed by atoms with Gasteiger partial charge in [-0.25, -0.2) is 0 Å². The molecule has 0 spiro atoms. The van der Waals surface area contributed by atoms with E-state index in [1.807, 2.05) is 19.3 Å². The normalized spacial score (nSPS) is 9.46. The highest BCUT2D eigenvalue weighted by molar-refractivity contribution is 6.34. The van der Waals surface area contributed by atoms with E-state index in [9.17, 15) is 14.4 Å². The molecular formula is C7H13N3O3. The molecule has 0 aliphatic carbocycles. The number of rotatable bonds is 2. The molecule has 4 N–H and O–H groups in total. The SMILES string of the molecule is CC(C)CC(=O)NNC(=O)C(N)=O. The van der Waals surface area contributed by atoms with Crippen LogP contribution in [0.4, 0.5) is 0 Å². The van der Waals surface area contributed by atoms with Crippen LogP contribution in [0.25, 0.3) is 0 Å². The van der Waals surface area contributed by atoms with Crippen LogP contribution in [0.1, 0.15) is 20.3 Å². The first kappa shape index (κ1) is 11.4. The number of nitrogens with one attached hydrogen (secondary N) is 2. The first-order chi connectivity index (χ1) is 5.93. The number of nitrogens with two attached hydrogens (primary N) is 1. The minimum Gasteiger partial charge on any atom is -0.361 e. The Balaban J connectivity index is 3.71. The van der Waals surface area contributed by atoms with Gasteiger partial charge in [-0.05, 0) is 5.92 Å². The lowest BCUT2D eigenvalue weighted by atomic mass is 10.1. The number of amides is 3. The fourth-order valence-electron chi connectivity index (χ4n) is 0.610. The number of carbonyl (C=O) groups excluding carboxylic acids is 3. The van der Waals surface area contributed by atoms with E-state index in [4.69, 9.17) is 0 Å². The fourth-order valence-corrected chi connectivity index (χ4v) is 0.610. The summed E-state index contributed by atoms with van der Waals surface area (Å²) in [5, 5.41) is 0. The van der Waals surface area contributed by atoms with Gasteiger partial charge in [-0.3, -0.25) is 25.2 Å². The average Bonchev–Trinajstić information content (AvgIpc) is 1.98. The smallest absolute Gasteiger partial charge is 0.327 e. The molecule has 0 radical (unpaired) electrons. The predicted octanol–water partition coefficient (Wildman–Crippen LogP) is -1.33. The Morgan fingerprint density at radius 1 is 1.23 bits per heavy atom. The van der Waals surface area contributed by atoms with E-state index < -0.39 is 11.8 Å². The molecule has 0 saturated carbocycles. The number of hydrogen-bond donors (Lipinski definition) is 3. The van der Waals surface area contributed by atoms with Crippen LogP contribution in [0, 0.1) is 5.92 Å². The number of hydrazine groups is 1. The van der Waals surface area contributed by atoms with Gasteiger partial charge >= 0.3 is 11.8 Å². The van der Waals surface area contributed by atoms with Gasteiger partial charge in [0.15, 0.2) is 0 Å². The maximum atomic E-state index is 10.9. The van der Waals surface area contributed by atoms with Gasteiger partial charge in [-0.15, -0.1) is 0 Å². The number of hydrogen-bond acceptors (Lipinski definition) is 3. The second kappa shape index (κ2) is 5.13. The third kappa shape index (κ3) is 5.66. The summed E-state index contributed by atoms with van der Waals surface area (Å²) in [4.78, 5) is 31.6. The first-order valence-corrected chi connectivity index (χ1v) is 3.82. The molecule has 0 aromatic heterocycles. The third-order valence-electron chi connectivity index (χ3n) is 1.13. The van der Waals surface area contributed by atoms with Crippen LogP contribution in [0.2, 0.25) is 0 Å². The van der Waals surface area contributed by atoms with Gasteiger partial charge < -0.3 is 5.73 Å². The Morgan fingerprint density at radius 2 is 1.77 bits per heavy atom. The minimum atomic E-state index is -1.13. The molecule has 0 atom stereocenters. The van der Waals surface area contributed by atoms with Crippen molar-refractivity contribution in [1.82, 2.24) is 10.9 Å². The quantitative estimate of drug-likeness (QED) is 0.368. The lowest BCUT2D eigenvalue weighted by molar-refractivity contribution is -0.139. The summed E-state index contributed by atoms with van der Waals surface area (Å²) < 4.78 is 0. The van der Waals surface area contributed by atoms with Gasteiger partial charge in [0.2, 0.25) is 5.91 Å². The number of primary amides is 1. The van der Waals surface area contributed by atoms with E-state index >= 15 is 0 Å². The third-order valence-corrected chi connectivity index (χ3v) is 1.13. The van der Waals surface area contributed by atoms with E-state index in [1.54, 1.807) is 0 Å². The van der Waals surface area contributed by atoms with Crippen LogP contribution in [-0.4, -0.2) is 17.7 Å². The van der Waals surface area contributed by atoms with Crippen LogP contribution < -0.4 is 16.6 Å². The van der Waals surface area contributed by atoms with Crippen LogP contribution >= 0.6 is 0 Å². The zero-order chi connectivity index (χ0) is 10.4. The lowest BCUT2D eigenvalue weighted by Crippen LogP contribution is -2.47. The summed E-state index contributed by atoms with van der Waals surface area (Å²) in [5.74, 6) is -2.34. The summed E-state index contributed by atoms with van der Waals surface area (Å²) in [7, 11) is 0. The molecule has 0 aromatic carbocycles. The highest BCUT2D eigenvalue weighted by atomic mass is 16.2. The molecule has 0 saturated heterocycles. The maximum absolute atomic E-state index is 10.9. The van der Waals surface area contributed by atoms with Crippen molar-refractivity contribution >= 4 is 17.7 Å². The van der Waals surface area contributed by atoms with Crippen molar-refractivity contribution in [3.05, 3.63) is 0 Å². The van der Waals surface area contributed by atoms with Crippen molar-refractivity contribution in [3.8, 4) is 0 Å². The molecule has 13 heavy (non-hydrogen) atoms. The lowest BCUT2D eigenvalue weighted by Gasteiger charge is -2.06. The number of carbonyl (C=O) groups is 3. The van der Waals surface area contributed by atoms with E-state index in [2.05, 4.69) is 11.2 Å². The Kier molecular flexibility index (Phi) is 4.50. The monoisotopic (exact) mass is 187 g/mol. The van der Waals surface area contributed by atoms with Gasteiger partial charge in [0.05, 0.1) is 0 Å². The van der Waals surface area contributed by atoms with Crippen LogP contribution in [-0.2, 0) is 14.4 Å². The van der Waals surface area contributed by atoms with Crippen LogP contribution in [0.5, 0.6) is 0 Å². The molecule has 74 valence electrons. The summed E-state index contributed by atoms with van der Waals surface area (Å²) in [6, 6.07) is 0. The highest BCUT2D eigenvalue weighted by Gasteiger charge is 2.09. The Morgan fingerprint density at radius 3 is 2.15 bits per heavy atom. The van der Waals surface area contributed by atoms with E-state index in [1.165, 1.54) is 0 Å². The molecule has 3 amide bonds. The zero-order valence-electron chi connectivity index (χ0n) is 7.59. The van der Waals surface area contributed by atoms with Crippen molar-refractivity contribution < 1.29 is 14.4 Å².